The van der Waals surface area contributed by atoms with E-state index in [1.54, 1.807) is 30.3 Å². The van der Waals surface area contributed by atoms with Crippen LogP contribution in [0, 0.1) is 6.92 Å². The van der Waals surface area contributed by atoms with E-state index in [4.69, 9.17) is 11.6 Å². The van der Waals surface area contributed by atoms with Gasteiger partial charge in [-0.25, -0.2) is 58.6 Å². The van der Waals surface area contributed by atoms with Gasteiger partial charge in [0.15, 0.2) is 0 Å². The molecule has 0 amide bonds. The predicted octanol–water partition coefficient (Wildman–Crippen LogP) is 11.7. The summed E-state index contributed by atoms with van der Waals surface area (Å²) >= 11 is 5.72. The quantitative estimate of drug-likeness (QED) is 0.0434. The molecule has 21 nitrogen and oxygen atoms in total. The van der Waals surface area contributed by atoms with Crippen LogP contribution in [0.3, 0.4) is 0 Å². The Balaban J connectivity index is 0.000000161. The molecule has 5 heterocycles. The van der Waals surface area contributed by atoms with Crippen molar-refractivity contribution in [2.75, 3.05) is 81.0 Å². The van der Waals surface area contributed by atoms with Crippen molar-refractivity contribution < 1.29 is 33.7 Å². The Morgan fingerprint density at radius 3 is 1.17 bits per heavy atom. The molecule has 0 spiro atoms. The van der Waals surface area contributed by atoms with E-state index in [0.29, 0.717) is 70.9 Å². The zero-order chi connectivity index (χ0) is 68.0. The topological polar surface area (TPSA) is 262 Å². The smallest absolute Gasteiger partial charge is 0.263 e. The summed E-state index contributed by atoms with van der Waals surface area (Å²) in [5.74, 6) is 0.0678. The van der Waals surface area contributed by atoms with E-state index in [-0.39, 0.29) is 26.8 Å². The van der Waals surface area contributed by atoms with Gasteiger partial charge < -0.3 is 19.6 Å². The van der Waals surface area contributed by atoms with Crippen molar-refractivity contribution in [2.45, 2.75) is 81.6 Å². The number of pyridine rings is 5. The molecule has 94 heavy (non-hydrogen) atoms. The number of rotatable bonds is 23. The third-order valence-corrected chi connectivity index (χ3v) is 20.3. The van der Waals surface area contributed by atoms with E-state index in [0.717, 1.165) is 81.3 Å². The van der Waals surface area contributed by atoms with Gasteiger partial charge >= 0.3 is 0 Å². The highest BCUT2D eigenvalue weighted by Gasteiger charge is 2.36. The molecule has 1 fully saturated rings. The van der Waals surface area contributed by atoms with Crippen LogP contribution in [0.5, 0.6) is 0 Å². The number of para-hydroxylation sites is 4. The first-order valence-corrected chi connectivity index (χ1v) is 37.1. The minimum atomic E-state index is -3.78. The number of fused-ring (bicyclic) bond motifs is 4. The Kier molecular flexibility index (Phi) is 24.4. The summed E-state index contributed by atoms with van der Waals surface area (Å²) in [4.78, 5) is 30.4. The lowest BCUT2D eigenvalue weighted by Gasteiger charge is -2.13. The normalized spacial score (nSPS) is 12.7. The SMILES string of the molecule is CCCCS(=O)(=O)Nc1cccc2ccc(CN(C)C)nc12.CN(C)Cc1ccc2cccc(NS(=O)(=O)C3CC3)c2n1.CN(C)Cc1ccc2cccc(NS(=O)(=O)c3ccc(Cl)nc3)c2n1.Cc1ccc(CS(=O)(=O)Nc2cccc3ccc(CN(C)C)nc23)cc1. The summed E-state index contributed by atoms with van der Waals surface area (Å²) < 4.78 is 110. The maximum absolute atomic E-state index is 12.6. The number of unbranched alkanes of at least 4 members (excludes halogenated alkanes) is 1. The molecule has 1 saturated carbocycles. The van der Waals surface area contributed by atoms with Crippen LogP contribution >= 0.6 is 11.6 Å². The van der Waals surface area contributed by atoms with E-state index in [9.17, 15) is 33.7 Å². The molecule has 10 aromatic rings. The zero-order valence-electron chi connectivity index (χ0n) is 54.5. The lowest BCUT2D eigenvalue weighted by molar-refractivity contribution is 0.397. The van der Waals surface area contributed by atoms with Crippen LogP contribution in [0.15, 0.2) is 169 Å². The van der Waals surface area contributed by atoms with Gasteiger partial charge in [0.1, 0.15) is 10.0 Å². The maximum atomic E-state index is 12.6. The second-order valence-corrected chi connectivity index (χ2v) is 31.7. The average molecular weight is 1370 g/mol. The number of halogens is 1. The van der Waals surface area contributed by atoms with Crippen molar-refractivity contribution in [3.63, 3.8) is 0 Å². The van der Waals surface area contributed by atoms with Gasteiger partial charge in [0, 0.05) is 53.9 Å². The molecule has 0 saturated heterocycles. The van der Waals surface area contributed by atoms with Gasteiger partial charge in [0.2, 0.25) is 30.1 Å². The molecule has 1 aliphatic rings. The molecule has 0 unspecified atom stereocenters. The minimum Gasteiger partial charge on any atom is -0.304 e. The standard InChI is InChI=1S/C20H23N3O2S.C17H17ClN4O2S.C16H23N3O2S.C15H19N3O2S/c1-15-7-9-16(10-8-15)14-26(24,25)22-19-6-4-5-17-11-12-18(13-23(2)3)21-20(17)19;1-22(2)11-13-7-6-12-4-3-5-15(17(12)20-13)21-25(23,24)14-8-9-16(18)19-10-14;1-4-5-11-22(20,21)18-15-8-6-7-13-9-10-14(12-19(2)3)17-16(13)15;1-18(2)10-12-7-6-11-4-3-5-14(15(11)16-12)17-21(19,20)13-8-9-13/h4-12,22H,13-14H2,1-3H3;3-10,21H,11H2,1-2H3;6-10,18H,4-5,11-12H2,1-3H3;3-7,13,17H,8-10H2,1-2H3. The Labute approximate surface area is 558 Å². The number of sulfonamides is 4. The summed E-state index contributed by atoms with van der Waals surface area (Å²) in [6, 6.07) is 48.0. The fraction of sp³-hybridized carbons (Fsp3) is 0.309. The van der Waals surface area contributed by atoms with Crippen molar-refractivity contribution in [3.05, 3.63) is 203 Å². The molecule has 4 N–H and O–H groups in total. The van der Waals surface area contributed by atoms with Crippen LogP contribution in [0.4, 0.5) is 22.7 Å². The first-order chi connectivity index (χ1) is 44.5. The van der Waals surface area contributed by atoms with Crippen molar-refractivity contribution in [3.8, 4) is 0 Å². The second-order valence-electron chi connectivity index (χ2n) is 24.1. The van der Waals surface area contributed by atoms with E-state index in [1.807, 2.05) is 205 Å². The van der Waals surface area contributed by atoms with Crippen molar-refractivity contribution in [1.29, 1.82) is 0 Å². The highest BCUT2D eigenvalue weighted by Crippen LogP contribution is 2.33. The lowest BCUT2D eigenvalue weighted by Crippen LogP contribution is -2.18. The van der Waals surface area contributed by atoms with Gasteiger partial charge in [-0.15, -0.1) is 0 Å². The molecular formula is C68H82ClN13O8S4. The summed E-state index contributed by atoms with van der Waals surface area (Å²) in [7, 11) is 1.87. The molecular weight excluding hydrogens is 1290 g/mol. The molecule has 0 bridgehead atoms. The zero-order valence-corrected chi connectivity index (χ0v) is 58.6. The molecule has 0 atom stereocenters. The average Bonchev–Trinajstić information content (AvgIpc) is 1.21. The molecule has 498 valence electrons. The van der Waals surface area contributed by atoms with Gasteiger partial charge in [0.25, 0.3) is 10.0 Å². The van der Waals surface area contributed by atoms with E-state index >= 15 is 0 Å². The molecule has 5 aromatic carbocycles. The number of anilines is 4. The van der Waals surface area contributed by atoms with Gasteiger partial charge in [-0.2, -0.15) is 0 Å². The fourth-order valence-corrected chi connectivity index (χ4v) is 14.7. The Morgan fingerprint density at radius 1 is 0.447 bits per heavy atom. The number of nitrogens with one attached hydrogen (secondary N) is 4. The third kappa shape index (κ3) is 21.3. The number of nitrogens with zero attached hydrogens (tertiary/aromatic N) is 9. The Bertz CT molecular complexity index is 4720. The van der Waals surface area contributed by atoms with E-state index < -0.39 is 40.1 Å². The first-order valence-electron chi connectivity index (χ1n) is 30.4. The summed E-state index contributed by atoms with van der Waals surface area (Å²) in [5, 5.41) is 3.63. The van der Waals surface area contributed by atoms with Gasteiger partial charge in [-0.1, -0.05) is 128 Å². The highest BCUT2D eigenvalue weighted by molar-refractivity contribution is 7.93. The predicted molar refractivity (Wildman–Crippen MR) is 382 cm³/mol. The monoisotopic (exact) mass is 1370 g/mol. The van der Waals surface area contributed by atoms with Gasteiger partial charge in [-0.05, 0) is 149 Å². The maximum Gasteiger partial charge on any atom is 0.263 e. The molecule has 11 rings (SSSR count). The summed E-state index contributed by atoms with van der Waals surface area (Å²) in [6.07, 6.45) is 4.22. The van der Waals surface area contributed by atoms with Crippen LogP contribution in [-0.2, 0) is 72.0 Å². The van der Waals surface area contributed by atoms with Crippen molar-refractivity contribution >= 4 is 118 Å². The molecule has 0 radical (unpaired) electrons. The summed E-state index contributed by atoms with van der Waals surface area (Å²) in [6.45, 7) is 6.75. The number of benzene rings is 5. The van der Waals surface area contributed by atoms with E-state index in [2.05, 4.69) is 43.8 Å². The number of hydrogen-bond donors (Lipinski definition) is 4. The van der Waals surface area contributed by atoms with Crippen LogP contribution in [0.1, 0.15) is 66.5 Å². The van der Waals surface area contributed by atoms with Gasteiger partial charge in [-0.3, -0.25) is 18.9 Å². The van der Waals surface area contributed by atoms with Crippen LogP contribution in [-0.4, -0.2) is 146 Å². The van der Waals surface area contributed by atoms with Crippen molar-refractivity contribution in [1.82, 2.24) is 44.5 Å². The highest BCUT2D eigenvalue weighted by atomic mass is 35.5. The second kappa shape index (κ2) is 32.0. The van der Waals surface area contributed by atoms with Crippen LogP contribution in [0.25, 0.3) is 43.6 Å². The van der Waals surface area contributed by atoms with Gasteiger partial charge in [0.05, 0.1) is 84.3 Å². The van der Waals surface area contributed by atoms with Crippen LogP contribution < -0.4 is 18.9 Å². The molecule has 5 aromatic heterocycles. The van der Waals surface area contributed by atoms with Crippen LogP contribution in [0.2, 0.25) is 5.15 Å². The minimum absolute atomic E-state index is 0.0401. The Hall–Kier alpha value is -7.98. The number of aryl methyl sites for hydroxylation is 1. The molecule has 1 aliphatic carbocycles. The summed E-state index contributed by atoms with van der Waals surface area (Å²) in [5.41, 5.74) is 10.2. The van der Waals surface area contributed by atoms with E-state index in [1.165, 1.54) is 18.3 Å². The fourth-order valence-electron chi connectivity index (χ4n) is 9.73. The Morgan fingerprint density at radius 2 is 0.819 bits per heavy atom. The molecule has 0 aliphatic heterocycles. The third-order valence-electron chi connectivity index (χ3n) is 14.3. The van der Waals surface area contributed by atoms with Crippen molar-refractivity contribution in [2.24, 2.45) is 0 Å². The largest absolute Gasteiger partial charge is 0.304 e. The first kappa shape index (κ1) is 71.9. The number of hydrogen-bond acceptors (Lipinski definition) is 17. The molecule has 26 heteroatoms. The number of aromatic nitrogens is 5. The lowest BCUT2D eigenvalue weighted by atomic mass is 10.2.